The molecule has 0 radical (unpaired) electrons. The van der Waals surface area contributed by atoms with Gasteiger partial charge < -0.3 is 10.6 Å². The SMILES string of the molecule is CC(CC(=O)N1CC2CCC(N)C2C1)c1ccccc1F. The summed E-state index contributed by atoms with van der Waals surface area (Å²) in [5.74, 6) is 0.865. The van der Waals surface area contributed by atoms with Crippen molar-refractivity contribution in [1.82, 2.24) is 4.90 Å². The third-order valence-corrected chi connectivity index (χ3v) is 5.18. The Morgan fingerprint density at radius 3 is 2.86 bits per heavy atom. The van der Waals surface area contributed by atoms with Crippen LogP contribution in [-0.4, -0.2) is 29.9 Å². The van der Waals surface area contributed by atoms with Crippen LogP contribution in [0.5, 0.6) is 0 Å². The van der Waals surface area contributed by atoms with E-state index in [4.69, 9.17) is 5.73 Å². The molecular formula is C17H23FN2O. The van der Waals surface area contributed by atoms with Crippen molar-refractivity contribution in [3.05, 3.63) is 35.6 Å². The Morgan fingerprint density at radius 1 is 1.38 bits per heavy atom. The maximum Gasteiger partial charge on any atom is 0.223 e. The fourth-order valence-electron chi connectivity index (χ4n) is 3.89. The summed E-state index contributed by atoms with van der Waals surface area (Å²) in [4.78, 5) is 14.4. The van der Waals surface area contributed by atoms with Crippen LogP contribution >= 0.6 is 0 Å². The van der Waals surface area contributed by atoms with Gasteiger partial charge in [-0.05, 0) is 42.2 Å². The fraction of sp³-hybridized carbons (Fsp3) is 0.588. The van der Waals surface area contributed by atoms with Gasteiger partial charge in [0.25, 0.3) is 0 Å². The Morgan fingerprint density at radius 2 is 2.14 bits per heavy atom. The summed E-state index contributed by atoms with van der Waals surface area (Å²) in [6, 6.07) is 6.96. The van der Waals surface area contributed by atoms with Crippen LogP contribution in [0.25, 0.3) is 0 Å². The summed E-state index contributed by atoms with van der Waals surface area (Å²) in [6.07, 6.45) is 2.59. The number of nitrogens with two attached hydrogens (primary N) is 1. The van der Waals surface area contributed by atoms with Crippen LogP contribution in [0.2, 0.25) is 0 Å². The number of nitrogens with zero attached hydrogens (tertiary/aromatic N) is 1. The highest BCUT2D eigenvalue weighted by molar-refractivity contribution is 5.77. The number of halogens is 1. The van der Waals surface area contributed by atoms with E-state index < -0.39 is 0 Å². The summed E-state index contributed by atoms with van der Waals surface area (Å²) < 4.78 is 13.8. The van der Waals surface area contributed by atoms with E-state index in [0.29, 0.717) is 23.8 Å². The van der Waals surface area contributed by atoms with Crippen molar-refractivity contribution >= 4 is 5.91 Å². The van der Waals surface area contributed by atoms with Crippen LogP contribution < -0.4 is 5.73 Å². The van der Waals surface area contributed by atoms with Crippen LogP contribution in [0.4, 0.5) is 4.39 Å². The number of hydrogen-bond donors (Lipinski definition) is 1. The van der Waals surface area contributed by atoms with Gasteiger partial charge in [-0.15, -0.1) is 0 Å². The van der Waals surface area contributed by atoms with Crippen molar-refractivity contribution in [3.8, 4) is 0 Å². The number of likely N-dealkylation sites (tertiary alicyclic amines) is 1. The molecule has 1 aliphatic carbocycles. The molecule has 2 fully saturated rings. The average Bonchev–Trinajstić information content (AvgIpc) is 3.02. The molecule has 0 aromatic heterocycles. The van der Waals surface area contributed by atoms with E-state index >= 15 is 0 Å². The standard InChI is InChI=1S/C17H23FN2O/c1-11(13-4-2-3-5-15(13)18)8-17(21)20-9-12-6-7-16(19)14(12)10-20/h2-5,11-12,14,16H,6-10,19H2,1H3. The number of hydrogen-bond acceptors (Lipinski definition) is 2. The summed E-state index contributed by atoms with van der Waals surface area (Å²) in [5.41, 5.74) is 6.73. The van der Waals surface area contributed by atoms with Crippen molar-refractivity contribution in [1.29, 1.82) is 0 Å². The maximum absolute atomic E-state index is 13.8. The molecule has 0 bridgehead atoms. The molecular weight excluding hydrogens is 267 g/mol. The Bertz CT molecular complexity index is 533. The van der Waals surface area contributed by atoms with Gasteiger partial charge in [-0.2, -0.15) is 0 Å². The lowest BCUT2D eigenvalue weighted by atomic mass is 9.96. The zero-order valence-corrected chi connectivity index (χ0v) is 12.5. The summed E-state index contributed by atoms with van der Waals surface area (Å²) in [6.45, 7) is 3.54. The topological polar surface area (TPSA) is 46.3 Å². The highest BCUT2D eigenvalue weighted by Crippen LogP contribution is 2.37. The van der Waals surface area contributed by atoms with Gasteiger partial charge in [0.05, 0.1) is 0 Å². The van der Waals surface area contributed by atoms with E-state index in [1.165, 1.54) is 6.07 Å². The molecule has 4 unspecified atom stereocenters. The van der Waals surface area contributed by atoms with E-state index in [0.717, 1.165) is 25.9 Å². The van der Waals surface area contributed by atoms with Gasteiger partial charge in [0, 0.05) is 25.6 Å². The lowest BCUT2D eigenvalue weighted by Gasteiger charge is -2.21. The van der Waals surface area contributed by atoms with Gasteiger partial charge in [-0.25, -0.2) is 4.39 Å². The van der Waals surface area contributed by atoms with Gasteiger partial charge in [0.1, 0.15) is 5.82 Å². The quantitative estimate of drug-likeness (QED) is 0.929. The normalized spacial score (nSPS) is 29.5. The average molecular weight is 290 g/mol. The molecule has 1 saturated heterocycles. The first-order valence-corrected chi connectivity index (χ1v) is 7.84. The van der Waals surface area contributed by atoms with Gasteiger partial charge in [0.15, 0.2) is 0 Å². The Labute approximate surface area is 125 Å². The van der Waals surface area contributed by atoms with Crippen molar-refractivity contribution in [2.45, 2.75) is 38.1 Å². The van der Waals surface area contributed by atoms with Crippen molar-refractivity contribution in [2.75, 3.05) is 13.1 Å². The van der Waals surface area contributed by atoms with Crippen LogP contribution in [0.1, 0.15) is 37.7 Å². The van der Waals surface area contributed by atoms with E-state index in [2.05, 4.69) is 0 Å². The molecule has 114 valence electrons. The second-order valence-corrected chi connectivity index (χ2v) is 6.59. The summed E-state index contributed by atoms with van der Waals surface area (Å²) in [7, 11) is 0. The van der Waals surface area contributed by atoms with Gasteiger partial charge >= 0.3 is 0 Å². The molecule has 2 N–H and O–H groups in total. The van der Waals surface area contributed by atoms with E-state index in [9.17, 15) is 9.18 Å². The lowest BCUT2D eigenvalue weighted by Crippen LogP contribution is -2.34. The first-order chi connectivity index (χ1) is 10.1. The van der Waals surface area contributed by atoms with E-state index in [1.54, 1.807) is 12.1 Å². The molecule has 2 aliphatic rings. The lowest BCUT2D eigenvalue weighted by molar-refractivity contribution is -0.130. The van der Waals surface area contributed by atoms with Crippen LogP contribution in [-0.2, 0) is 4.79 Å². The second-order valence-electron chi connectivity index (χ2n) is 6.59. The Balaban J connectivity index is 1.61. The number of amides is 1. The first-order valence-electron chi connectivity index (χ1n) is 7.84. The second kappa shape index (κ2) is 5.76. The molecule has 3 nitrogen and oxygen atoms in total. The summed E-state index contributed by atoms with van der Waals surface area (Å²) in [5, 5.41) is 0. The monoisotopic (exact) mass is 290 g/mol. The summed E-state index contributed by atoms with van der Waals surface area (Å²) >= 11 is 0. The zero-order valence-electron chi connectivity index (χ0n) is 12.5. The fourth-order valence-corrected chi connectivity index (χ4v) is 3.89. The molecule has 1 amide bonds. The maximum atomic E-state index is 13.8. The molecule has 4 heteroatoms. The Hall–Kier alpha value is -1.42. The zero-order chi connectivity index (χ0) is 15.0. The van der Waals surface area contributed by atoms with Crippen LogP contribution in [0.3, 0.4) is 0 Å². The molecule has 1 aromatic rings. The minimum absolute atomic E-state index is 0.0900. The largest absolute Gasteiger partial charge is 0.342 e. The third-order valence-electron chi connectivity index (χ3n) is 5.18. The third kappa shape index (κ3) is 2.82. The van der Waals surface area contributed by atoms with Gasteiger partial charge in [-0.1, -0.05) is 25.1 Å². The smallest absolute Gasteiger partial charge is 0.223 e. The highest BCUT2D eigenvalue weighted by atomic mass is 19.1. The molecule has 1 heterocycles. The van der Waals surface area contributed by atoms with Crippen LogP contribution in [0, 0.1) is 17.7 Å². The highest BCUT2D eigenvalue weighted by Gasteiger charge is 2.42. The Kier molecular flexibility index (Phi) is 3.98. The van der Waals surface area contributed by atoms with Crippen molar-refractivity contribution in [2.24, 2.45) is 17.6 Å². The van der Waals surface area contributed by atoms with Gasteiger partial charge in [0.2, 0.25) is 5.91 Å². The predicted molar refractivity (Wildman–Crippen MR) is 80.2 cm³/mol. The predicted octanol–water partition coefficient (Wildman–Crippen LogP) is 2.52. The molecule has 21 heavy (non-hydrogen) atoms. The van der Waals surface area contributed by atoms with E-state index in [1.807, 2.05) is 17.9 Å². The molecule has 1 aliphatic heterocycles. The number of rotatable bonds is 3. The molecule has 1 saturated carbocycles. The number of carbonyl (C=O) groups is 1. The molecule has 4 atom stereocenters. The van der Waals surface area contributed by atoms with Gasteiger partial charge in [-0.3, -0.25) is 4.79 Å². The number of carbonyl (C=O) groups excluding carboxylic acids is 1. The molecule has 3 rings (SSSR count). The minimum atomic E-state index is -0.224. The van der Waals surface area contributed by atoms with Crippen molar-refractivity contribution < 1.29 is 9.18 Å². The number of benzene rings is 1. The van der Waals surface area contributed by atoms with Crippen LogP contribution in [0.15, 0.2) is 24.3 Å². The molecule has 0 spiro atoms. The first kappa shape index (κ1) is 14.5. The van der Waals surface area contributed by atoms with E-state index in [-0.39, 0.29) is 23.7 Å². The molecule has 1 aromatic carbocycles. The van der Waals surface area contributed by atoms with Crippen molar-refractivity contribution in [3.63, 3.8) is 0 Å². The number of fused-ring (bicyclic) bond motifs is 1. The minimum Gasteiger partial charge on any atom is -0.342 e.